The van der Waals surface area contributed by atoms with Gasteiger partial charge in [-0.2, -0.15) is 0 Å². The van der Waals surface area contributed by atoms with Crippen LogP contribution in [-0.2, 0) is 6.42 Å². The lowest BCUT2D eigenvalue weighted by Crippen LogP contribution is -2.33. The third kappa shape index (κ3) is 3.14. The Labute approximate surface area is 169 Å². The summed E-state index contributed by atoms with van der Waals surface area (Å²) in [5.74, 6) is 0.389. The van der Waals surface area contributed by atoms with Crippen LogP contribution < -0.4 is 10.1 Å². The number of amides is 2. The minimum absolute atomic E-state index is 0.000191. The monoisotopic (exact) mass is 398 g/mol. The van der Waals surface area contributed by atoms with Gasteiger partial charge in [0.05, 0.1) is 17.1 Å². The fourth-order valence-electron chi connectivity index (χ4n) is 4.04. The second kappa shape index (κ2) is 7.13. The number of hydrogen-bond acceptors (Lipinski definition) is 3. The number of ether oxygens (including phenoxy) is 1. The van der Waals surface area contributed by atoms with Crippen LogP contribution in [-0.4, -0.2) is 42.5 Å². The Kier molecular flexibility index (Phi) is 4.79. The molecular formula is C22H23ClN2O3. The molecule has 0 radical (unpaired) electrons. The Bertz CT molecular complexity index is 955. The molecule has 1 fully saturated rings. The highest BCUT2D eigenvalue weighted by Crippen LogP contribution is 2.40. The third-order valence-corrected chi connectivity index (χ3v) is 6.18. The standard InChI is InChI=1S/C22H23ClN2O3/c1-12-8-17-11-25(12)22(27)18-10-16(13(2)19(23)20(18)28-17)9-14-4-6-15(7-5-14)21(26)24-3/h4-7,10,12,17H,8-9,11H2,1-3H3,(H,24,26)/t12-,17-/m1/s1. The Balaban J connectivity index is 1.69. The van der Waals surface area contributed by atoms with E-state index in [0.717, 1.165) is 23.1 Å². The number of carbonyl (C=O) groups is 2. The molecule has 2 aromatic rings. The van der Waals surface area contributed by atoms with Crippen LogP contribution in [0.1, 0.15) is 50.8 Å². The molecular weight excluding hydrogens is 376 g/mol. The van der Waals surface area contributed by atoms with E-state index in [2.05, 4.69) is 12.2 Å². The number of rotatable bonds is 3. The molecule has 146 valence electrons. The molecule has 28 heavy (non-hydrogen) atoms. The Hall–Kier alpha value is -2.53. The highest BCUT2D eigenvalue weighted by molar-refractivity contribution is 6.33. The Morgan fingerprint density at radius 3 is 2.71 bits per heavy atom. The molecule has 2 atom stereocenters. The lowest BCUT2D eigenvalue weighted by molar-refractivity contribution is 0.0748. The molecule has 2 aliphatic rings. The van der Waals surface area contributed by atoms with E-state index >= 15 is 0 Å². The van der Waals surface area contributed by atoms with Gasteiger partial charge in [0, 0.05) is 25.1 Å². The summed E-state index contributed by atoms with van der Waals surface area (Å²) in [6.45, 7) is 4.62. The van der Waals surface area contributed by atoms with Gasteiger partial charge >= 0.3 is 0 Å². The minimum Gasteiger partial charge on any atom is -0.486 e. The summed E-state index contributed by atoms with van der Waals surface area (Å²) in [5.41, 5.74) is 4.11. The number of halogens is 1. The van der Waals surface area contributed by atoms with E-state index in [0.29, 0.717) is 34.9 Å². The van der Waals surface area contributed by atoms with Gasteiger partial charge in [0.1, 0.15) is 6.10 Å². The topological polar surface area (TPSA) is 58.6 Å². The van der Waals surface area contributed by atoms with Crippen molar-refractivity contribution in [3.8, 4) is 5.75 Å². The van der Waals surface area contributed by atoms with Gasteiger partial charge in [-0.05, 0) is 55.2 Å². The van der Waals surface area contributed by atoms with Gasteiger partial charge in [0.25, 0.3) is 11.8 Å². The molecule has 2 aromatic carbocycles. The van der Waals surface area contributed by atoms with Crippen LogP contribution in [0.5, 0.6) is 5.75 Å². The van der Waals surface area contributed by atoms with Gasteiger partial charge in [-0.15, -0.1) is 0 Å². The predicted molar refractivity (Wildman–Crippen MR) is 108 cm³/mol. The fraction of sp³-hybridized carbons (Fsp3) is 0.364. The summed E-state index contributed by atoms with van der Waals surface area (Å²) in [6, 6.07) is 9.54. The van der Waals surface area contributed by atoms with Crippen LogP contribution in [0.2, 0.25) is 5.02 Å². The van der Waals surface area contributed by atoms with Crippen LogP contribution in [0, 0.1) is 6.92 Å². The lowest BCUT2D eigenvalue weighted by atomic mass is 9.96. The van der Waals surface area contributed by atoms with E-state index < -0.39 is 0 Å². The molecule has 0 aliphatic carbocycles. The van der Waals surface area contributed by atoms with E-state index in [4.69, 9.17) is 16.3 Å². The molecule has 0 saturated carbocycles. The molecule has 0 unspecified atom stereocenters. The van der Waals surface area contributed by atoms with E-state index in [1.807, 2.05) is 30.0 Å². The Morgan fingerprint density at radius 2 is 2.04 bits per heavy atom. The Morgan fingerprint density at radius 1 is 1.32 bits per heavy atom. The molecule has 2 aliphatic heterocycles. The van der Waals surface area contributed by atoms with Gasteiger partial charge in [-0.25, -0.2) is 0 Å². The van der Waals surface area contributed by atoms with Crippen LogP contribution in [0.3, 0.4) is 0 Å². The quantitative estimate of drug-likeness (QED) is 0.859. The van der Waals surface area contributed by atoms with Crippen LogP contribution in [0.15, 0.2) is 30.3 Å². The first-order chi connectivity index (χ1) is 13.4. The van der Waals surface area contributed by atoms with E-state index in [1.165, 1.54) is 0 Å². The maximum atomic E-state index is 13.1. The van der Waals surface area contributed by atoms with Crippen molar-refractivity contribution in [2.24, 2.45) is 0 Å². The molecule has 5 nitrogen and oxygen atoms in total. The second-order valence-electron chi connectivity index (χ2n) is 7.59. The normalized spacial score (nSPS) is 20.4. The lowest BCUT2D eigenvalue weighted by Gasteiger charge is -2.23. The van der Waals surface area contributed by atoms with Crippen LogP contribution >= 0.6 is 11.6 Å². The van der Waals surface area contributed by atoms with Crippen molar-refractivity contribution < 1.29 is 14.3 Å². The first-order valence-electron chi connectivity index (χ1n) is 9.49. The molecule has 2 heterocycles. The van der Waals surface area contributed by atoms with Crippen molar-refractivity contribution in [1.82, 2.24) is 10.2 Å². The van der Waals surface area contributed by atoms with Crippen molar-refractivity contribution in [3.63, 3.8) is 0 Å². The van der Waals surface area contributed by atoms with Crippen molar-refractivity contribution in [2.45, 2.75) is 38.8 Å². The number of carbonyl (C=O) groups excluding carboxylic acids is 2. The first-order valence-corrected chi connectivity index (χ1v) is 9.87. The summed E-state index contributed by atoms with van der Waals surface area (Å²) in [4.78, 5) is 26.7. The van der Waals surface area contributed by atoms with E-state index in [-0.39, 0.29) is 24.0 Å². The van der Waals surface area contributed by atoms with E-state index in [1.54, 1.807) is 19.2 Å². The fourth-order valence-corrected chi connectivity index (χ4v) is 4.31. The van der Waals surface area contributed by atoms with Gasteiger partial charge in [0.15, 0.2) is 5.75 Å². The molecule has 0 aromatic heterocycles. The molecule has 1 saturated heterocycles. The molecule has 2 bridgehead atoms. The zero-order valence-corrected chi connectivity index (χ0v) is 17.0. The summed E-state index contributed by atoms with van der Waals surface area (Å²) < 4.78 is 6.12. The third-order valence-electron chi connectivity index (χ3n) is 5.72. The maximum Gasteiger partial charge on any atom is 0.258 e. The van der Waals surface area contributed by atoms with Gasteiger partial charge in [0.2, 0.25) is 0 Å². The number of nitrogens with one attached hydrogen (secondary N) is 1. The largest absolute Gasteiger partial charge is 0.486 e. The van der Waals surface area contributed by atoms with Crippen molar-refractivity contribution in [3.05, 3.63) is 63.2 Å². The van der Waals surface area contributed by atoms with Crippen molar-refractivity contribution >= 4 is 23.4 Å². The summed E-state index contributed by atoms with van der Waals surface area (Å²) in [6.07, 6.45) is 1.46. The van der Waals surface area contributed by atoms with Gasteiger partial charge < -0.3 is 15.0 Å². The van der Waals surface area contributed by atoms with Crippen molar-refractivity contribution in [1.29, 1.82) is 0 Å². The van der Waals surface area contributed by atoms with Gasteiger partial charge in [-0.1, -0.05) is 23.7 Å². The number of fused-ring (bicyclic) bond motifs is 3. The summed E-state index contributed by atoms with van der Waals surface area (Å²) in [7, 11) is 1.61. The highest BCUT2D eigenvalue weighted by Gasteiger charge is 2.40. The zero-order chi connectivity index (χ0) is 20.0. The van der Waals surface area contributed by atoms with Crippen LogP contribution in [0.25, 0.3) is 0 Å². The minimum atomic E-state index is -0.114. The van der Waals surface area contributed by atoms with Crippen LogP contribution in [0.4, 0.5) is 0 Å². The molecule has 4 rings (SSSR count). The highest BCUT2D eigenvalue weighted by atomic mass is 35.5. The second-order valence-corrected chi connectivity index (χ2v) is 7.96. The first kappa shape index (κ1) is 18.8. The van der Waals surface area contributed by atoms with E-state index in [9.17, 15) is 9.59 Å². The zero-order valence-electron chi connectivity index (χ0n) is 16.2. The summed E-state index contributed by atoms with van der Waals surface area (Å²) in [5, 5.41) is 3.13. The average Bonchev–Trinajstić information content (AvgIpc) is 3.00. The molecule has 2 amide bonds. The molecule has 1 N–H and O–H groups in total. The SMILES string of the molecule is CNC(=O)c1ccc(Cc2cc3c(c(Cl)c2C)O[C@@H]2C[C@@H](C)N(C2)C3=O)cc1. The number of benzene rings is 2. The average molecular weight is 399 g/mol. The predicted octanol–water partition coefficient (Wildman–Crippen LogP) is 3.59. The smallest absolute Gasteiger partial charge is 0.258 e. The number of nitrogens with zero attached hydrogens (tertiary/aromatic N) is 1. The number of hydrogen-bond donors (Lipinski definition) is 1. The maximum absolute atomic E-state index is 13.1. The molecule has 6 heteroatoms. The summed E-state index contributed by atoms with van der Waals surface area (Å²) >= 11 is 6.63. The molecule has 0 spiro atoms. The van der Waals surface area contributed by atoms with Gasteiger partial charge in [-0.3, -0.25) is 9.59 Å². The van der Waals surface area contributed by atoms with Crippen molar-refractivity contribution in [2.75, 3.05) is 13.6 Å².